The van der Waals surface area contributed by atoms with Crippen LogP contribution in [-0.2, 0) is 19.2 Å². The minimum absolute atomic E-state index is 0.295. The van der Waals surface area contributed by atoms with E-state index in [2.05, 4.69) is 21.3 Å². The van der Waals surface area contributed by atoms with Crippen molar-refractivity contribution in [3.63, 3.8) is 0 Å². The fraction of sp³-hybridized carbons (Fsp3) is 0.750. The van der Waals surface area contributed by atoms with Crippen molar-refractivity contribution in [3.05, 3.63) is 0 Å². The summed E-state index contributed by atoms with van der Waals surface area (Å²) in [5, 5.41) is 28.1. The van der Waals surface area contributed by atoms with E-state index in [0.717, 1.165) is 13.0 Å². The summed E-state index contributed by atoms with van der Waals surface area (Å²) in [6.45, 7) is -0.151. The zero-order chi connectivity index (χ0) is 20.2. The second-order valence-corrected chi connectivity index (χ2v) is 6.35. The maximum absolute atomic E-state index is 12.5. The molecule has 0 bridgehead atoms. The van der Waals surface area contributed by atoms with Gasteiger partial charge in [0.15, 0.2) is 0 Å². The number of carbonyl (C=O) groups is 4. The molecule has 8 N–H and O–H groups in total. The molecule has 0 radical (unpaired) electrons. The number of hydrogen-bond acceptors (Lipinski definition) is 7. The van der Waals surface area contributed by atoms with Gasteiger partial charge in [0.1, 0.15) is 18.6 Å². The molecule has 0 aromatic rings. The summed E-state index contributed by atoms with van der Waals surface area (Å²) in [5.41, 5.74) is 5.46. The molecule has 3 unspecified atom stereocenters. The second kappa shape index (κ2) is 12.2. The molecule has 0 aromatic carbocycles. The first-order valence-electron chi connectivity index (χ1n) is 9.03. The molecular formula is C16H29N5O6. The molecule has 1 aliphatic heterocycles. The Morgan fingerprint density at radius 1 is 1.11 bits per heavy atom. The van der Waals surface area contributed by atoms with Crippen molar-refractivity contribution in [1.29, 1.82) is 0 Å². The highest BCUT2D eigenvalue weighted by Gasteiger charge is 2.29. The van der Waals surface area contributed by atoms with Gasteiger partial charge in [-0.15, -0.1) is 0 Å². The Balaban J connectivity index is 2.67. The first-order valence-corrected chi connectivity index (χ1v) is 9.03. The number of carbonyl (C=O) groups excluding carboxylic acids is 3. The van der Waals surface area contributed by atoms with Crippen molar-refractivity contribution in [2.24, 2.45) is 5.73 Å². The smallest absolute Gasteiger partial charge is 0.322 e. The number of rotatable bonds is 12. The average molecular weight is 387 g/mol. The van der Waals surface area contributed by atoms with E-state index >= 15 is 0 Å². The summed E-state index contributed by atoms with van der Waals surface area (Å²) in [6.07, 6.45) is 3.15. The van der Waals surface area contributed by atoms with Gasteiger partial charge in [0, 0.05) is 0 Å². The van der Waals surface area contributed by atoms with Crippen molar-refractivity contribution < 1.29 is 29.4 Å². The Morgan fingerprint density at radius 2 is 1.85 bits per heavy atom. The summed E-state index contributed by atoms with van der Waals surface area (Å²) in [5.74, 6) is -2.99. The van der Waals surface area contributed by atoms with Gasteiger partial charge in [0.2, 0.25) is 17.7 Å². The van der Waals surface area contributed by atoms with Crippen LogP contribution in [0.25, 0.3) is 0 Å². The molecular weight excluding hydrogens is 358 g/mol. The third kappa shape index (κ3) is 8.33. The molecule has 1 aliphatic rings. The van der Waals surface area contributed by atoms with Crippen LogP contribution in [0.1, 0.15) is 32.1 Å². The van der Waals surface area contributed by atoms with E-state index in [0.29, 0.717) is 32.2 Å². The number of amides is 3. The normalized spacial score (nSPS) is 18.4. The second-order valence-electron chi connectivity index (χ2n) is 6.35. The van der Waals surface area contributed by atoms with E-state index in [-0.39, 0.29) is 11.9 Å². The number of hydrogen-bond donors (Lipinski definition) is 7. The van der Waals surface area contributed by atoms with Crippen molar-refractivity contribution in [3.8, 4) is 0 Å². The van der Waals surface area contributed by atoms with Gasteiger partial charge in [-0.25, -0.2) is 0 Å². The maximum Gasteiger partial charge on any atom is 0.322 e. The molecule has 11 nitrogen and oxygen atoms in total. The highest BCUT2D eigenvalue weighted by Crippen LogP contribution is 2.07. The lowest BCUT2D eigenvalue weighted by molar-refractivity contribution is -0.139. The zero-order valence-corrected chi connectivity index (χ0v) is 15.2. The zero-order valence-electron chi connectivity index (χ0n) is 15.2. The van der Waals surface area contributed by atoms with E-state index in [9.17, 15) is 24.3 Å². The van der Waals surface area contributed by atoms with Crippen LogP contribution in [0.15, 0.2) is 0 Å². The van der Waals surface area contributed by atoms with Crippen LogP contribution >= 0.6 is 0 Å². The van der Waals surface area contributed by atoms with Gasteiger partial charge in [0.05, 0.1) is 12.6 Å². The minimum atomic E-state index is -1.31. The number of aliphatic hydroxyl groups is 1. The molecule has 0 saturated carbocycles. The maximum atomic E-state index is 12.5. The molecule has 3 atom stereocenters. The fourth-order valence-corrected chi connectivity index (χ4v) is 2.69. The molecule has 1 rings (SSSR count). The van der Waals surface area contributed by atoms with Gasteiger partial charge in [-0.3, -0.25) is 19.2 Å². The number of unbranched alkanes of at least 4 members (excludes halogenated alkanes) is 1. The SMILES string of the molecule is NCCCCC(NC(=O)C1CCCN1)C(=O)NC(CO)C(=O)NCC(=O)O. The highest BCUT2D eigenvalue weighted by atomic mass is 16.4. The monoisotopic (exact) mass is 387 g/mol. The van der Waals surface area contributed by atoms with Crippen molar-refractivity contribution in [1.82, 2.24) is 21.3 Å². The van der Waals surface area contributed by atoms with Crippen LogP contribution in [0.4, 0.5) is 0 Å². The first-order chi connectivity index (χ1) is 12.9. The molecule has 0 spiro atoms. The van der Waals surface area contributed by atoms with Crippen molar-refractivity contribution >= 4 is 23.7 Å². The van der Waals surface area contributed by atoms with Gasteiger partial charge in [0.25, 0.3) is 0 Å². The Kier molecular flexibility index (Phi) is 10.3. The standard InChI is InChI=1S/C16H29N5O6/c17-6-2-1-4-11(20-15(26)10-5-3-7-18-10)16(27)21-12(9-22)14(25)19-8-13(23)24/h10-12,18,22H,1-9,17H2,(H,19,25)(H,20,26)(H,21,27)(H,23,24). The third-order valence-corrected chi connectivity index (χ3v) is 4.19. The number of aliphatic carboxylic acids is 1. The van der Waals surface area contributed by atoms with Gasteiger partial charge in [-0.2, -0.15) is 0 Å². The van der Waals surface area contributed by atoms with E-state index in [4.69, 9.17) is 10.8 Å². The van der Waals surface area contributed by atoms with Crippen molar-refractivity contribution in [2.45, 2.75) is 50.2 Å². The first kappa shape index (κ1) is 22.8. The van der Waals surface area contributed by atoms with Gasteiger partial charge < -0.3 is 37.2 Å². The van der Waals surface area contributed by atoms with Crippen LogP contribution in [0.3, 0.4) is 0 Å². The van der Waals surface area contributed by atoms with Crippen molar-refractivity contribution in [2.75, 3.05) is 26.2 Å². The molecule has 1 saturated heterocycles. The van der Waals surface area contributed by atoms with E-state index in [1.54, 1.807) is 0 Å². The summed E-state index contributed by atoms with van der Waals surface area (Å²) in [7, 11) is 0. The van der Waals surface area contributed by atoms with E-state index in [1.165, 1.54) is 0 Å². The quantitative estimate of drug-likeness (QED) is 0.173. The molecule has 11 heteroatoms. The number of carboxylic acid groups (broad SMARTS) is 1. The van der Waals surface area contributed by atoms with Crippen LogP contribution in [0.2, 0.25) is 0 Å². The minimum Gasteiger partial charge on any atom is -0.480 e. The number of nitrogens with one attached hydrogen (secondary N) is 4. The highest BCUT2D eigenvalue weighted by molar-refractivity contribution is 5.93. The Labute approximate surface area is 157 Å². The predicted molar refractivity (Wildman–Crippen MR) is 95.5 cm³/mol. The summed E-state index contributed by atoms with van der Waals surface area (Å²) in [6, 6.07) is -2.55. The summed E-state index contributed by atoms with van der Waals surface area (Å²) >= 11 is 0. The third-order valence-electron chi connectivity index (χ3n) is 4.19. The van der Waals surface area contributed by atoms with Gasteiger partial charge in [-0.1, -0.05) is 0 Å². The molecule has 1 fully saturated rings. The number of nitrogens with two attached hydrogens (primary N) is 1. The lowest BCUT2D eigenvalue weighted by Gasteiger charge is -2.23. The van der Waals surface area contributed by atoms with Gasteiger partial charge >= 0.3 is 5.97 Å². The molecule has 27 heavy (non-hydrogen) atoms. The van der Waals surface area contributed by atoms with E-state index in [1.807, 2.05) is 0 Å². The van der Waals surface area contributed by atoms with Crippen LogP contribution < -0.4 is 27.0 Å². The average Bonchev–Trinajstić information content (AvgIpc) is 3.18. The van der Waals surface area contributed by atoms with Crippen LogP contribution in [-0.4, -0.2) is 78.3 Å². The molecule has 154 valence electrons. The molecule has 3 amide bonds. The number of aliphatic hydroxyl groups excluding tert-OH is 1. The van der Waals surface area contributed by atoms with Crippen LogP contribution in [0.5, 0.6) is 0 Å². The van der Waals surface area contributed by atoms with Gasteiger partial charge in [-0.05, 0) is 45.2 Å². The Bertz CT molecular complexity index is 523. The topological polar surface area (TPSA) is 183 Å². The summed E-state index contributed by atoms with van der Waals surface area (Å²) < 4.78 is 0. The van der Waals surface area contributed by atoms with Crippen LogP contribution in [0, 0.1) is 0 Å². The Morgan fingerprint density at radius 3 is 2.41 bits per heavy atom. The summed E-state index contributed by atoms with van der Waals surface area (Å²) in [4.78, 5) is 47.2. The lowest BCUT2D eigenvalue weighted by Crippen LogP contribution is -2.56. The molecule has 0 aromatic heterocycles. The van der Waals surface area contributed by atoms with E-state index < -0.39 is 43.0 Å². The number of carboxylic acids is 1. The fourth-order valence-electron chi connectivity index (χ4n) is 2.69. The lowest BCUT2D eigenvalue weighted by atomic mass is 10.1. The largest absolute Gasteiger partial charge is 0.480 e. The molecule has 0 aliphatic carbocycles. The predicted octanol–water partition coefficient (Wildman–Crippen LogP) is -2.97. The molecule has 1 heterocycles. The Hall–Kier alpha value is -2.24.